The summed E-state index contributed by atoms with van der Waals surface area (Å²) in [7, 11) is 0. The van der Waals surface area contributed by atoms with Gasteiger partial charge in [-0.1, -0.05) is 77.3 Å². The van der Waals surface area contributed by atoms with Crippen molar-refractivity contribution in [3.8, 4) is 11.3 Å². The lowest BCUT2D eigenvalue weighted by Gasteiger charge is -2.15. The number of alkyl halides is 3. The van der Waals surface area contributed by atoms with Gasteiger partial charge >= 0.3 is 0 Å². The van der Waals surface area contributed by atoms with Crippen LogP contribution in [-0.2, 0) is 3.79 Å². The molecule has 5 heteroatoms. The van der Waals surface area contributed by atoms with E-state index in [9.17, 15) is 0 Å². The molecule has 0 bridgehead atoms. The Balaban J connectivity index is 2.33. The third kappa shape index (κ3) is 2.59. The summed E-state index contributed by atoms with van der Waals surface area (Å²) in [6.45, 7) is 0. The van der Waals surface area contributed by atoms with Crippen molar-refractivity contribution in [2.24, 2.45) is 0 Å². The third-order valence-corrected chi connectivity index (χ3v) is 3.42. The molecule has 0 saturated carbocycles. The summed E-state index contributed by atoms with van der Waals surface area (Å²) in [5.41, 5.74) is 3.27. The fourth-order valence-corrected chi connectivity index (χ4v) is 2.39. The predicted octanol–water partition coefficient (Wildman–Crippen LogP) is 5.12. The largest absolute Gasteiger partial charge is 0.244 e. The molecule has 3 aromatic rings. The van der Waals surface area contributed by atoms with Gasteiger partial charge in [0, 0.05) is 5.56 Å². The molecule has 2 aromatic carbocycles. The fourth-order valence-electron chi connectivity index (χ4n) is 1.99. The highest BCUT2D eigenvalue weighted by Crippen LogP contribution is 2.41. The molecule has 0 atom stereocenters. The molecule has 0 aliphatic rings. The Morgan fingerprint density at radius 1 is 0.700 bits per heavy atom. The maximum Gasteiger partial charge on any atom is 0.234 e. The Hall–Kier alpha value is -1.35. The number of hydrogen-bond donors (Lipinski definition) is 0. The van der Waals surface area contributed by atoms with Gasteiger partial charge in [-0.15, -0.1) is 0 Å². The van der Waals surface area contributed by atoms with Gasteiger partial charge in [0.2, 0.25) is 3.79 Å². The van der Waals surface area contributed by atoms with E-state index >= 15 is 0 Å². The van der Waals surface area contributed by atoms with Gasteiger partial charge in [0.25, 0.3) is 0 Å². The van der Waals surface area contributed by atoms with Crippen LogP contribution >= 0.6 is 34.8 Å². The lowest BCUT2D eigenvalue weighted by Crippen LogP contribution is -2.08. The molecule has 1 aromatic heterocycles. The van der Waals surface area contributed by atoms with Crippen LogP contribution in [0.15, 0.2) is 54.6 Å². The smallest absolute Gasteiger partial charge is 0.234 e. The normalized spacial score (nSPS) is 11.8. The van der Waals surface area contributed by atoms with Crippen LogP contribution in [-0.4, -0.2) is 9.97 Å². The summed E-state index contributed by atoms with van der Waals surface area (Å²) in [4.78, 5) is 9.06. The molecule has 0 aliphatic carbocycles. The van der Waals surface area contributed by atoms with Gasteiger partial charge in [0.1, 0.15) is 5.69 Å². The Kier molecular flexibility index (Phi) is 3.55. The zero-order valence-electron chi connectivity index (χ0n) is 10.2. The summed E-state index contributed by atoms with van der Waals surface area (Å²) in [6.07, 6.45) is 0. The highest BCUT2D eigenvalue weighted by molar-refractivity contribution is 6.66. The average molecular weight is 324 g/mol. The molecule has 1 heterocycles. The Morgan fingerprint density at radius 2 is 1.25 bits per heavy atom. The Labute approximate surface area is 131 Å². The SMILES string of the molecule is ClC(Cl)(Cl)c1nc2ccccc2nc1-c1ccccc1. The van der Waals surface area contributed by atoms with Crippen molar-refractivity contribution in [3.63, 3.8) is 0 Å². The minimum absolute atomic E-state index is 0.340. The van der Waals surface area contributed by atoms with Crippen LogP contribution in [0.25, 0.3) is 22.3 Å². The summed E-state index contributed by atoms with van der Waals surface area (Å²) in [6, 6.07) is 17.1. The lowest BCUT2D eigenvalue weighted by atomic mass is 10.1. The van der Waals surface area contributed by atoms with Crippen LogP contribution in [0, 0.1) is 0 Å². The number of para-hydroxylation sites is 2. The molecule has 0 unspecified atom stereocenters. The molecule has 100 valence electrons. The fraction of sp³-hybridized carbons (Fsp3) is 0.0667. The van der Waals surface area contributed by atoms with Crippen molar-refractivity contribution in [1.82, 2.24) is 9.97 Å². The van der Waals surface area contributed by atoms with Crippen LogP contribution in [0.4, 0.5) is 0 Å². The lowest BCUT2D eigenvalue weighted by molar-refractivity contribution is 1.09. The van der Waals surface area contributed by atoms with E-state index in [0.717, 1.165) is 11.1 Å². The predicted molar refractivity (Wildman–Crippen MR) is 84.2 cm³/mol. The van der Waals surface area contributed by atoms with Gasteiger partial charge in [-0.2, -0.15) is 0 Å². The van der Waals surface area contributed by atoms with Gasteiger partial charge in [0.15, 0.2) is 0 Å². The first kappa shape index (κ1) is 13.6. The minimum atomic E-state index is -1.62. The van der Waals surface area contributed by atoms with E-state index in [1.807, 2.05) is 54.6 Å². The zero-order valence-corrected chi connectivity index (χ0v) is 12.5. The summed E-state index contributed by atoms with van der Waals surface area (Å²) in [5.74, 6) is 0. The third-order valence-electron chi connectivity index (χ3n) is 2.89. The molecule has 3 rings (SSSR count). The monoisotopic (exact) mass is 322 g/mol. The number of benzene rings is 2. The summed E-state index contributed by atoms with van der Waals surface area (Å²) < 4.78 is -1.62. The second-order valence-electron chi connectivity index (χ2n) is 4.27. The molecule has 0 fully saturated rings. The molecule has 0 N–H and O–H groups in total. The zero-order chi connectivity index (χ0) is 14.2. The maximum absolute atomic E-state index is 6.04. The first-order chi connectivity index (χ1) is 9.55. The van der Waals surface area contributed by atoms with Gasteiger partial charge < -0.3 is 0 Å². The molecule has 0 radical (unpaired) electrons. The van der Waals surface area contributed by atoms with Crippen LogP contribution in [0.3, 0.4) is 0 Å². The maximum atomic E-state index is 6.04. The second kappa shape index (κ2) is 5.21. The highest BCUT2D eigenvalue weighted by atomic mass is 35.6. The number of aromatic nitrogens is 2. The number of rotatable bonds is 1. The standard InChI is InChI=1S/C15H9Cl3N2/c16-15(17,18)14-13(10-6-2-1-3-7-10)19-11-8-4-5-9-12(11)20-14/h1-9H. The van der Waals surface area contributed by atoms with Crippen molar-refractivity contribution in [2.45, 2.75) is 3.79 Å². The summed E-state index contributed by atoms with van der Waals surface area (Å²) >= 11 is 18.1. The van der Waals surface area contributed by atoms with E-state index in [0.29, 0.717) is 16.9 Å². The molecule has 2 nitrogen and oxygen atoms in total. The first-order valence-corrected chi connectivity index (χ1v) is 7.08. The number of halogens is 3. The van der Waals surface area contributed by atoms with Crippen molar-refractivity contribution < 1.29 is 0 Å². The molecule has 0 aliphatic heterocycles. The van der Waals surface area contributed by atoms with Crippen LogP contribution < -0.4 is 0 Å². The van der Waals surface area contributed by atoms with Crippen molar-refractivity contribution in [1.29, 1.82) is 0 Å². The molecule has 0 amide bonds. The average Bonchev–Trinajstić information content (AvgIpc) is 2.46. The van der Waals surface area contributed by atoms with E-state index in [-0.39, 0.29) is 0 Å². The van der Waals surface area contributed by atoms with E-state index in [1.165, 1.54) is 0 Å². The molecular formula is C15H9Cl3N2. The van der Waals surface area contributed by atoms with Gasteiger partial charge in [-0.05, 0) is 12.1 Å². The van der Waals surface area contributed by atoms with E-state index in [4.69, 9.17) is 34.8 Å². The van der Waals surface area contributed by atoms with Crippen molar-refractivity contribution in [2.75, 3.05) is 0 Å². The Morgan fingerprint density at radius 3 is 1.85 bits per heavy atom. The van der Waals surface area contributed by atoms with E-state index in [1.54, 1.807) is 0 Å². The number of hydrogen-bond acceptors (Lipinski definition) is 2. The second-order valence-corrected chi connectivity index (χ2v) is 6.55. The highest BCUT2D eigenvalue weighted by Gasteiger charge is 2.30. The minimum Gasteiger partial charge on any atom is -0.244 e. The topological polar surface area (TPSA) is 25.8 Å². The van der Waals surface area contributed by atoms with Gasteiger partial charge in [-0.3, -0.25) is 0 Å². The van der Waals surface area contributed by atoms with Crippen LogP contribution in [0.1, 0.15) is 5.69 Å². The van der Waals surface area contributed by atoms with Crippen LogP contribution in [0.2, 0.25) is 0 Å². The van der Waals surface area contributed by atoms with E-state index < -0.39 is 3.79 Å². The van der Waals surface area contributed by atoms with Crippen LogP contribution in [0.5, 0.6) is 0 Å². The number of nitrogens with zero attached hydrogens (tertiary/aromatic N) is 2. The van der Waals surface area contributed by atoms with E-state index in [2.05, 4.69) is 9.97 Å². The van der Waals surface area contributed by atoms with Crippen molar-refractivity contribution >= 4 is 45.8 Å². The van der Waals surface area contributed by atoms with Gasteiger partial charge in [0.05, 0.1) is 16.7 Å². The first-order valence-electron chi connectivity index (χ1n) is 5.95. The quantitative estimate of drug-likeness (QED) is 0.581. The molecular weight excluding hydrogens is 315 g/mol. The number of fused-ring (bicyclic) bond motifs is 1. The molecule has 20 heavy (non-hydrogen) atoms. The molecule has 0 saturated heterocycles. The van der Waals surface area contributed by atoms with Crippen molar-refractivity contribution in [3.05, 3.63) is 60.3 Å². The van der Waals surface area contributed by atoms with Gasteiger partial charge in [-0.25, -0.2) is 9.97 Å². The molecule has 0 spiro atoms. The Bertz CT molecular complexity index is 752. The summed E-state index contributed by atoms with van der Waals surface area (Å²) in [5, 5.41) is 0.